The van der Waals surface area contributed by atoms with Crippen molar-refractivity contribution >= 4 is 35.6 Å². The van der Waals surface area contributed by atoms with Crippen LogP contribution in [0.2, 0.25) is 5.02 Å². The van der Waals surface area contributed by atoms with Gasteiger partial charge in [0, 0.05) is 10.7 Å². The zero-order chi connectivity index (χ0) is 25.1. The molecule has 1 saturated heterocycles. The highest BCUT2D eigenvalue weighted by atomic mass is 35.5. The Morgan fingerprint density at radius 3 is 2.54 bits per heavy atom. The predicted molar refractivity (Wildman–Crippen MR) is 130 cm³/mol. The van der Waals surface area contributed by atoms with E-state index in [0.717, 1.165) is 11.3 Å². The first-order valence-corrected chi connectivity index (χ1v) is 11.3. The third-order valence-corrected chi connectivity index (χ3v) is 5.78. The second-order valence-electron chi connectivity index (χ2n) is 7.94. The van der Waals surface area contributed by atoms with Crippen molar-refractivity contribution < 1.29 is 19.1 Å². The molecule has 2 aromatic carbocycles. The normalized spacial score (nSPS) is 14.5. The van der Waals surface area contributed by atoms with Gasteiger partial charge in [-0.15, -0.1) is 0 Å². The van der Waals surface area contributed by atoms with Gasteiger partial charge < -0.3 is 10.1 Å². The van der Waals surface area contributed by atoms with E-state index in [1.807, 2.05) is 6.92 Å². The molecule has 0 saturated carbocycles. The average molecular weight is 495 g/mol. The number of nitrogens with zero attached hydrogens (tertiary/aromatic N) is 2. The summed E-state index contributed by atoms with van der Waals surface area (Å²) in [6.07, 6.45) is 2.74. The number of halogens is 1. The minimum absolute atomic E-state index is 0.00386. The van der Waals surface area contributed by atoms with Crippen molar-refractivity contribution in [1.82, 2.24) is 20.0 Å². The van der Waals surface area contributed by atoms with E-state index in [1.165, 1.54) is 17.9 Å². The molecule has 3 aromatic rings. The van der Waals surface area contributed by atoms with Gasteiger partial charge in [0.1, 0.15) is 5.70 Å². The van der Waals surface area contributed by atoms with Crippen LogP contribution in [-0.4, -0.2) is 39.7 Å². The van der Waals surface area contributed by atoms with E-state index >= 15 is 0 Å². The number of esters is 1. The summed E-state index contributed by atoms with van der Waals surface area (Å²) >= 11 is 5.96. The maximum absolute atomic E-state index is 13.2. The molecule has 0 spiro atoms. The van der Waals surface area contributed by atoms with Crippen LogP contribution in [0.15, 0.2) is 59.0 Å². The van der Waals surface area contributed by atoms with E-state index in [0.29, 0.717) is 39.5 Å². The Balaban J connectivity index is 1.65. The third-order valence-electron chi connectivity index (χ3n) is 5.53. The van der Waals surface area contributed by atoms with Crippen LogP contribution in [0.25, 0.3) is 11.8 Å². The van der Waals surface area contributed by atoms with Crippen LogP contribution < -0.4 is 10.9 Å². The van der Waals surface area contributed by atoms with Gasteiger partial charge in [0.15, 0.2) is 0 Å². The van der Waals surface area contributed by atoms with Gasteiger partial charge in [0.2, 0.25) is 0 Å². The molecule has 1 aromatic heterocycles. The number of aryl methyl sites for hydroxylation is 1. The first-order chi connectivity index (χ1) is 16.8. The molecular formula is C25H23ClN4O5. The van der Waals surface area contributed by atoms with Gasteiger partial charge >= 0.3 is 12.0 Å². The summed E-state index contributed by atoms with van der Waals surface area (Å²) in [5.41, 5.74) is 2.06. The van der Waals surface area contributed by atoms with Gasteiger partial charge in [-0.1, -0.05) is 37.1 Å². The van der Waals surface area contributed by atoms with Gasteiger partial charge in [0.25, 0.3) is 11.5 Å². The number of hydrogen-bond acceptors (Lipinski definition) is 5. The Labute approximate surface area is 205 Å². The number of carbonyl (C=O) groups is 3. The Morgan fingerprint density at radius 2 is 1.86 bits per heavy atom. The lowest BCUT2D eigenvalue weighted by Crippen LogP contribution is -2.30. The zero-order valence-electron chi connectivity index (χ0n) is 19.1. The molecule has 1 aliphatic heterocycles. The van der Waals surface area contributed by atoms with Gasteiger partial charge in [0.05, 0.1) is 30.5 Å². The van der Waals surface area contributed by atoms with Crippen LogP contribution in [0.4, 0.5) is 4.79 Å². The maximum Gasteiger partial charge on any atom is 0.337 e. The summed E-state index contributed by atoms with van der Waals surface area (Å²) in [6.45, 7) is 1.93. The first kappa shape index (κ1) is 24.0. The number of hydrogen-bond donors (Lipinski definition) is 2. The van der Waals surface area contributed by atoms with Crippen molar-refractivity contribution in [3.05, 3.63) is 92.0 Å². The number of amides is 3. The predicted octanol–water partition coefficient (Wildman–Crippen LogP) is 3.65. The Hall–Kier alpha value is -4.11. The number of ether oxygens (including phenoxy) is 1. The molecule has 0 unspecified atom stereocenters. The van der Waals surface area contributed by atoms with Crippen LogP contribution in [0.5, 0.6) is 0 Å². The lowest BCUT2D eigenvalue weighted by molar-refractivity contribution is -0.123. The van der Waals surface area contributed by atoms with Gasteiger partial charge in [-0.25, -0.2) is 14.3 Å². The zero-order valence-corrected chi connectivity index (χ0v) is 19.9. The van der Waals surface area contributed by atoms with E-state index in [1.54, 1.807) is 48.5 Å². The van der Waals surface area contributed by atoms with Crippen molar-refractivity contribution in [2.75, 3.05) is 7.11 Å². The van der Waals surface area contributed by atoms with Crippen molar-refractivity contribution in [3.63, 3.8) is 0 Å². The number of rotatable bonds is 7. The molecule has 0 bridgehead atoms. The Bertz CT molecular complexity index is 1390. The molecular weight excluding hydrogens is 472 g/mol. The van der Waals surface area contributed by atoms with Crippen LogP contribution in [0.3, 0.4) is 0 Å². The lowest BCUT2D eigenvalue weighted by Gasteiger charge is -2.12. The van der Waals surface area contributed by atoms with Crippen LogP contribution in [0.1, 0.15) is 40.5 Å². The highest BCUT2D eigenvalue weighted by molar-refractivity contribution is 6.30. The summed E-state index contributed by atoms with van der Waals surface area (Å²) in [6, 6.07) is 12.6. The number of aromatic amines is 1. The summed E-state index contributed by atoms with van der Waals surface area (Å²) in [7, 11) is 1.28. The molecule has 35 heavy (non-hydrogen) atoms. The van der Waals surface area contributed by atoms with Crippen LogP contribution in [0, 0.1) is 0 Å². The molecule has 0 atom stereocenters. The summed E-state index contributed by atoms with van der Waals surface area (Å²) in [5.74, 6) is -1.09. The molecule has 1 fully saturated rings. The van der Waals surface area contributed by atoms with Gasteiger partial charge in [-0.2, -0.15) is 0 Å². The second kappa shape index (κ2) is 10.0. The summed E-state index contributed by atoms with van der Waals surface area (Å²) < 4.78 is 6.10. The van der Waals surface area contributed by atoms with E-state index < -0.39 is 17.9 Å². The molecule has 3 amide bonds. The van der Waals surface area contributed by atoms with Gasteiger partial charge in [-0.3, -0.25) is 19.6 Å². The monoisotopic (exact) mass is 494 g/mol. The number of carbonyl (C=O) groups excluding carboxylic acids is 3. The number of benzene rings is 2. The second-order valence-corrected chi connectivity index (χ2v) is 8.38. The van der Waals surface area contributed by atoms with E-state index in [9.17, 15) is 19.2 Å². The fourth-order valence-electron chi connectivity index (χ4n) is 3.81. The van der Waals surface area contributed by atoms with Crippen molar-refractivity contribution in [2.24, 2.45) is 0 Å². The van der Waals surface area contributed by atoms with Crippen LogP contribution >= 0.6 is 11.6 Å². The number of imide groups is 1. The molecule has 180 valence electrons. The van der Waals surface area contributed by atoms with Gasteiger partial charge in [-0.05, 0) is 54.5 Å². The van der Waals surface area contributed by atoms with E-state index in [-0.39, 0.29) is 17.8 Å². The highest BCUT2D eigenvalue weighted by Crippen LogP contribution is 2.20. The topological polar surface area (TPSA) is 114 Å². The van der Waals surface area contributed by atoms with Crippen molar-refractivity contribution in [2.45, 2.75) is 26.3 Å². The molecule has 1 aliphatic rings. The largest absolute Gasteiger partial charge is 0.465 e. The maximum atomic E-state index is 13.2. The standard InChI is InChI=1S/C25H23ClN4O5/c1-3-5-20-19(22(31)30(28-20)18-10-8-17(26)9-11-18)13-21-23(32)29(25(34)27-21)14-15-6-4-7-16(12-15)24(33)35-2/h4,6-13,28H,3,5,14H2,1-2H3,(H,27,34)/b21-13-. The summed E-state index contributed by atoms with van der Waals surface area (Å²) in [4.78, 5) is 51.6. The average Bonchev–Trinajstić information content (AvgIpc) is 3.30. The highest BCUT2D eigenvalue weighted by Gasteiger charge is 2.34. The van der Waals surface area contributed by atoms with E-state index in [4.69, 9.17) is 16.3 Å². The van der Waals surface area contributed by atoms with Crippen LogP contribution in [-0.2, 0) is 22.5 Å². The quantitative estimate of drug-likeness (QED) is 0.295. The first-order valence-electron chi connectivity index (χ1n) is 10.9. The fraction of sp³-hybridized carbons (Fsp3) is 0.200. The number of nitrogens with one attached hydrogen (secondary N) is 2. The third kappa shape index (κ3) is 4.90. The lowest BCUT2D eigenvalue weighted by atomic mass is 10.1. The molecule has 2 N–H and O–H groups in total. The Morgan fingerprint density at radius 1 is 1.11 bits per heavy atom. The van der Waals surface area contributed by atoms with Crippen molar-refractivity contribution in [1.29, 1.82) is 0 Å². The smallest absolute Gasteiger partial charge is 0.337 e. The molecule has 2 heterocycles. The summed E-state index contributed by atoms with van der Waals surface area (Å²) in [5, 5.41) is 6.19. The Kier molecular flexibility index (Phi) is 6.88. The van der Waals surface area contributed by atoms with E-state index in [2.05, 4.69) is 10.4 Å². The number of H-pyrrole nitrogens is 1. The molecule has 0 aliphatic carbocycles. The fourth-order valence-corrected chi connectivity index (χ4v) is 3.94. The van der Waals surface area contributed by atoms with Crippen molar-refractivity contribution in [3.8, 4) is 5.69 Å². The molecule has 9 nitrogen and oxygen atoms in total. The number of urea groups is 1. The minimum Gasteiger partial charge on any atom is -0.465 e. The molecule has 4 rings (SSSR count). The SMILES string of the molecule is CCCc1[nH]n(-c2ccc(Cl)cc2)c(=O)c1/C=C1\NC(=O)N(Cc2cccc(C(=O)OC)c2)C1=O. The minimum atomic E-state index is -0.615. The molecule has 10 heteroatoms. The number of methoxy groups -OCH3 is 1. The molecule has 0 radical (unpaired) electrons. The number of aromatic nitrogens is 2.